The Hall–Kier alpha value is -0.660. The second-order valence-electron chi connectivity index (χ2n) is 4.59. The molecule has 1 saturated heterocycles. The largest absolute Gasteiger partial charge is 0.356 e. The van der Waals surface area contributed by atoms with Gasteiger partial charge in [-0.25, -0.2) is 13.6 Å². The summed E-state index contributed by atoms with van der Waals surface area (Å²) < 4.78 is 21.4. The molecule has 2 unspecified atom stereocenters. The Morgan fingerprint density at radius 2 is 2.24 bits per heavy atom. The first kappa shape index (κ1) is 14.4. The fourth-order valence-electron chi connectivity index (χ4n) is 2.00. The van der Waals surface area contributed by atoms with E-state index in [4.69, 9.17) is 5.14 Å². The Labute approximate surface area is 102 Å². The molecular formula is C10H21N3O3S. The summed E-state index contributed by atoms with van der Waals surface area (Å²) in [7, 11) is -3.42. The number of sulfonamides is 1. The van der Waals surface area contributed by atoms with Crippen LogP contribution in [0.5, 0.6) is 0 Å². The van der Waals surface area contributed by atoms with Gasteiger partial charge >= 0.3 is 0 Å². The van der Waals surface area contributed by atoms with Gasteiger partial charge in [0.2, 0.25) is 15.9 Å². The number of carbonyl (C=O) groups excluding carboxylic acids is 1. The molecule has 0 aromatic carbocycles. The van der Waals surface area contributed by atoms with Crippen molar-refractivity contribution in [2.45, 2.75) is 32.2 Å². The maximum Gasteiger partial charge on any atom is 0.223 e. The number of carbonyl (C=O) groups is 1. The van der Waals surface area contributed by atoms with Crippen molar-refractivity contribution in [1.82, 2.24) is 10.6 Å². The Bertz CT molecular complexity index is 356. The molecule has 100 valence electrons. The Morgan fingerprint density at radius 3 is 2.82 bits per heavy atom. The molecule has 0 aromatic heterocycles. The summed E-state index contributed by atoms with van der Waals surface area (Å²) in [5.41, 5.74) is 0. The molecule has 0 aliphatic carbocycles. The van der Waals surface area contributed by atoms with E-state index in [1.807, 2.05) is 0 Å². The molecule has 4 N–H and O–H groups in total. The zero-order chi connectivity index (χ0) is 12.9. The number of rotatable bonds is 5. The van der Waals surface area contributed by atoms with Crippen molar-refractivity contribution in [2.24, 2.45) is 11.1 Å². The van der Waals surface area contributed by atoms with E-state index in [1.165, 1.54) is 0 Å². The highest BCUT2D eigenvalue weighted by Crippen LogP contribution is 2.15. The van der Waals surface area contributed by atoms with Crippen molar-refractivity contribution < 1.29 is 13.2 Å². The third kappa shape index (κ3) is 5.99. The summed E-state index contributed by atoms with van der Waals surface area (Å²) in [6.07, 6.45) is 2.04. The molecule has 0 bridgehead atoms. The molecule has 1 fully saturated rings. The zero-order valence-electron chi connectivity index (χ0n) is 10.1. The van der Waals surface area contributed by atoms with Gasteiger partial charge in [0, 0.05) is 18.5 Å². The third-order valence-corrected chi connectivity index (χ3v) is 3.76. The van der Waals surface area contributed by atoms with Crippen LogP contribution in [0.4, 0.5) is 0 Å². The van der Waals surface area contributed by atoms with Gasteiger partial charge in [-0.1, -0.05) is 0 Å². The van der Waals surface area contributed by atoms with Gasteiger partial charge in [-0.05, 0) is 32.7 Å². The summed E-state index contributed by atoms with van der Waals surface area (Å²) >= 11 is 0. The van der Waals surface area contributed by atoms with Gasteiger partial charge in [0.05, 0.1) is 5.75 Å². The first-order chi connectivity index (χ1) is 7.88. The molecule has 7 heteroatoms. The van der Waals surface area contributed by atoms with E-state index < -0.39 is 10.0 Å². The molecule has 1 aliphatic heterocycles. The van der Waals surface area contributed by atoms with E-state index in [9.17, 15) is 13.2 Å². The van der Waals surface area contributed by atoms with Crippen molar-refractivity contribution in [2.75, 3.05) is 18.8 Å². The number of amides is 1. The van der Waals surface area contributed by atoms with Crippen molar-refractivity contribution in [1.29, 1.82) is 0 Å². The van der Waals surface area contributed by atoms with Crippen LogP contribution in [0.15, 0.2) is 0 Å². The van der Waals surface area contributed by atoms with E-state index >= 15 is 0 Å². The summed E-state index contributed by atoms with van der Waals surface area (Å²) in [6.45, 7) is 3.28. The lowest BCUT2D eigenvalue weighted by molar-refractivity contribution is -0.126. The average molecular weight is 263 g/mol. The van der Waals surface area contributed by atoms with Crippen molar-refractivity contribution in [3.05, 3.63) is 0 Å². The van der Waals surface area contributed by atoms with Crippen LogP contribution >= 0.6 is 0 Å². The Kier molecular flexibility index (Phi) is 5.35. The Morgan fingerprint density at radius 1 is 1.53 bits per heavy atom. The summed E-state index contributed by atoms with van der Waals surface area (Å²) in [5.74, 6) is -0.0240. The third-order valence-electron chi connectivity index (χ3n) is 2.90. The van der Waals surface area contributed by atoms with Crippen LogP contribution in [0, 0.1) is 5.92 Å². The molecule has 0 spiro atoms. The maximum absolute atomic E-state index is 11.7. The van der Waals surface area contributed by atoms with E-state index in [2.05, 4.69) is 17.6 Å². The number of piperidine rings is 1. The van der Waals surface area contributed by atoms with Gasteiger partial charge in [-0.3, -0.25) is 4.79 Å². The van der Waals surface area contributed by atoms with Gasteiger partial charge in [-0.15, -0.1) is 0 Å². The topological polar surface area (TPSA) is 101 Å². The summed E-state index contributed by atoms with van der Waals surface area (Å²) in [5, 5.41) is 10.9. The summed E-state index contributed by atoms with van der Waals surface area (Å²) in [4.78, 5) is 11.7. The molecule has 17 heavy (non-hydrogen) atoms. The monoisotopic (exact) mass is 263 g/mol. The number of nitrogens with two attached hydrogens (primary N) is 1. The summed E-state index contributed by atoms with van der Waals surface area (Å²) in [6, 6.07) is 0.365. The highest BCUT2D eigenvalue weighted by atomic mass is 32.2. The van der Waals surface area contributed by atoms with Gasteiger partial charge in [-0.2, -0.15) is 0 Å². The molecule has 2 atom stereocenters. The van der Waals surface area contributed by atoms with E-state index in [0.29, 0.717) is 19.0 Å². The van der Waals surface area contributed by atoms with E-state index in [-0.39, 0.29) is 17.6 Å². The molecule has 1 amide bonds. The molecule has 0 radical (unpaired) electrons. The van der Waals surface area contributed by atoms with Crippen LogP contribution in [0.2, 0.25) is 0 Å². The number of nitrogens with one attached hydrogen (secondary N) is 2. The van der Waals surface area contributed by atoms with Crippen molar-refractivity contribution >= 4 is 15.9 Å². The second kappa shape index (κ2) is 6.32. The first-order valence-corrected chi connectivity index (χ1v) is 7.61. The van der Waals surface area contributed by atoms with Crippen molar-refractivity contribution in [3.8, 4) is 0 Å². The fraction of sp³-hybridized carbons (Fsp3) is 0.900. The quantitative estimate of drug-likeness (QED) is 0.563. The van der Waals surface area contributed by atoms with Crippen LogP contribution in [-0.2, 0) is 14.8 Å². The predicted molar refractivity (Wildman–Crippen MR) is 65.8 cm³/mol. The highest BCUT2D eigenvalue weighted by molar-refractivity contribution is 7.89. The molecular weight excluding hydrogens is 242 g/mol. The van der Waals surface area contributed by atoms with Crippen molar-refractivity contribution in [3.63, 3.8) is 0 Å². The predicted octanol–water partition coefficient (Wildman–Crippen LogP) is -0.831. The lowest BCUT2D eigenvalue weighted by Crippen LogP contribution is -2.42. The molecule has 0 aromatic rings. The van der Waals surface area contributed by atoms with Gasteiger partial charge in [0.15, 0.2) is 0 Å². The maximum atomic E-state index is 11.7. The lowest BCUT2D eigenvalue weighted by Gasteiger charge is -2.27. The van der Waals surface area contributed by atoms with Crippen LogP contribution < -0.4 is 15.8 Å². The fourth-order valence-corrected chi connectivity index (χ4v) is 2.55. The van der Waals surface area contributed by atoms with Crippen LogP contribution in [0.3, 0.4) is 0 Å². The molecule has 1 aliphatic rings. The van der Waals surface area contributed by atoms with Crippen LogP contribution in [0.25, 0.3) is 0 Å². The minimum absolute atomic E-state index is 0.0211. The lowest BCUT2D eigenvalue weighted by atomic mass is 9.92. The normalized spacial score (nSPS) is 25.5. The van der Waals surface area contributed by atoms with Gasteiger partial charge in [0.25, 0.3) is 0 Å². The first-order valence-electron chi connectivity index (χ1n) is 5.90. The number of primary sulfonamides is 1. The number of hydrogen-bond acceptors (Lipinski definition) is 4. The Balaban J connectivity index is 2.20. The molecule has 0 saturated carbocycles. The van der Waals surface area contributed by atoms with Gasteiger partial charge < -0.3 is 10.6 Å². The molecule has 1 heterocycles. The second-order valence-corrected chi connectivity index (χ2v) is 6.32. The molecule has 6 nitrogen and oxygen atoms in total. The van der Waals surface area contributed by atoms with Gasteiger partial charge in [0.1, 0.15) is 0 Å². The minimum atomic E-state index is -3.42. The SMILES string of the molecule is CC1CC(C(=O)NCCCS(N)(=O)=O)CCN1. The minimum Gasteiger partial charge on any atom is -0.356 e. The zero-order valence-corrected chi connectivity index (χ0v) is 10.9. The molecule has 1 rings (SSSR count). The average Bonchev–Trinajstić information content (AvgIpc) is 2.23. The smallest absolute Gasteiger partial charge is 0.223 e. The van der Waals surface area contributed by atoms with Crippen LogP contribution in [0.1, 0.15) is 26.2 Å². The highest BCUT2D eigenvalue weighted by Gasteiger charge is 2.24. The standard InChI is InChI=1S/C10H21N3O3S/c1-8-7-9(3-5-12-8)10(14)13-4-2-6-17(11,15)16/h8-9,12H,2-7H2,1H3,(H,13,14)(H2,11,15,16). The van der Waals surface area contributed by atoms with E-state index in [0.717, 1.165) is 19.4 Å². The van der Waals surface area contributed by atoms with E-state index in [1.54, 1.807) is 0 Å². The van der Waals surface area contributed by atoms with Crippen LogP contribution in [-0.4, -0.2) is 39.2 Å². The number of hydrogen-bond donors (Lipinski definition) is 3.